The predicted molar refractivity (Wildman–Crippen MR) is 128 cm³/mol. The lowest BCUT2D eigenvalue weighted by atomic mass is 10.2. The van der Waals surface area contributed by atoms with Gasteiger partial charge in [-0.1, -0.05) is 18.2 Å². The fourth-order valence-corrected chi connectivity index (χ4v) is 3.17. The second-order valence-electron chi connectivity index (χ2n) is 6.76. The largest absolute Gasteiger partial charge is 0.379 e. The summed E-state index contributed by atoms with van der Waals surface area (Å²) in [6, 6.07) is 8.54. The van der Waals surface area contributed by atoms with Gasteiger partial charge in [-0.15, -0.1) is 24.0 Å². The van der Waals surface area contributed by atoms with Crippen molar-refractivity contribution in [1.29, 1.82) is 0 Å². The highest BCUT2D eigenvalue weighted by molar-refractivity contribution is 14.0. The number of para-hydroxylation sites is 1. The van der Waals surface area contributed by atoms with E-state index in [1.54, 1.807) is 0 Å². The number of hydrogen-bond acceptors (Lipinski definition) is 4. The minimum Gasteiger partial charge on any atom is -0.379 e. The van der Waals surface area contributed by atoms with Gasteiger partial charge in [-0.05, 0) is 45.2 Å². The van der Waals surface area contributed by atoms with Crippen LogP contribution in [0.2, 0.25) is 0 Å². The van der Waals surface area contributed by atoms with Crippen molar-refractivity contribution in [2.45, 2.75) is 39.7 Å². The Morgan fingerprint density at radius 2 is 2.11 bits per heavy atom. The minimum absolute atomic E-state index is 0. The van der Waals surface area contributed by atoms with Crippen LogP contribution in [0.1, 0.15) is 32.3 Å². The van der Waals surface area contributed by atoms with Gasteiger partial charge in [0.2, 0.25) is 0 Å². The highest BCUT2D eigenvalue weighted by Gasteiger charge is 2.15. The molecule has 0 aliphatic carbocycles. The summed E-state index contributed by atoms with van der Waals surface area (Å²) in [5.74, 6) is 0.877. The Labute approximate surface area is 187 Å². The first-order valence-electron chi connectivity index (χ1n) is 10.3. The number of benzene rings is 1. The van der Waals surface area contributed by atoms with Crippen molar-refractivity contribution in [3.05, 3.63) is 29.8 Å². The number of nitrogens with one attached hydrogen (secondary N) is 2. The fourth-order valence-electron chi connectivity index (χ4n) is 3.17. The zero-order chi connectivity index (χ0) is 19.3. The van der Waals surface area contributed by atoms with E-state index in [-0.39, 0.29) is 30.1 Å². The molecular weight excluding hydrogens is 467 g/mol. The van der Waals surface area contributed by atoms with Crippen molar-refractivity contribution in [3.63, 3.8) is 0 Å². The van der Waals surface area contributed by atoms with Crippen LogP contribution in [0.5, 0.6) is 0 Å². The Bertz CT molecular complexity index is 565. The fraction of sp³-hybridized carbons (Fsp3) is 0.667. The second-order valence-corrected chi connectivity index (χ2v) is 6.76. The Balaban J connectivity index is 0.00000392. The molecule has 28 heavy (non-hydrogen) atoms. The van der Waals surface area contributed by atoms with E-state index in [9.17, 15) is 0 Å². The molecule has 1 aliphatic rings. The van der Waals surface area contributed by atoms with Crippen molar-refractivity contribution >= 4 is 35.6 Å². The van der Waals surface area contributed by atoms with E-state index in [4.69, 9.17) is 9.47 Å². The number of hydrogen-bond donors (Lipinski definition) is 2. The molecule has 0 amide bonds. The second kappa shape index (κ2) is 14.9. The predicted octanol–water partition coefficient (Wildman–Crippen LogP) is 3.19. The summed E-state index contributed by atoms with van der Waals surface area (Å²) < 4.78 is 11.1. The molecule has 0 aromatic heterocycles. The first-order valence-corrected chi connectivity index (χ1v) is 10.3. The molecule has 1 unspecified atom stereocenters. The van der Waals surface area contributed by atoms with Crippen molar-refractivity contribution in [2.75, 3.05) is 57.4 Å². The van der Waals surface area contributed by atoms with Crippen LogP contribution in [-0.2, 0) is 9.47 Å². The van der Waals surface area contributed by atoms with Gasteiger partial charge < -0.3 is 25.0 Å². The summed E-state index contributed by atoms with van der Waals surface area (Å²) in [6.07, 6.45) is 2.22. The molecule has 1 heterocycles. The molecule has 1 aliphatic heterocycles. The van der Waals surface area contributed by atoms with Crippen LogP contribution in [0, 0.1) is 6.92 Å². The van der Waals surface area contributed by atoms with Gasteiger partial charge in [0.05, 0.1) is 12.7 Å². The van der Waals surface area contributed by atoms with Gasteiger partial charge in [-0.3, -0.25) is 4.99 Å². The molecule has 2 N–H and O–H groups in total. The lowest BCUT2D eigenvalue weighted by Crippen LogP contribution is -2.42. The van der Waals surface area contributed by atoms with Crippen molar-refractivity contribution in [3.8, 4) is 0 Å². The minimum atomic E-state index is 0. The van der Waals surface area contributed by atoms with E-state index in [1.165, 1.54) is 11.3 Å². The average molecular weight is 504 g/mol. The number of ether oxygens (including phenoxy) is 2. The molecule has 6 nitrogen and oxygen atoms in total. The number of aryl methyl sites for hydroxylation is 1. The zero-order valence-corrected chi connectivity index (χ0v) is 19.9. The van der Waals surface area contributed by atoms with Crippen molar-refractivity contribution in [2.24, 2.45) is 4.99 Å². The molecule has 1 saturated heterocycles. The molecular formula is C21H37IN4O2. The van der Waals surface area contributed by atoms with E-state index >= 15 is 0 Å². The molecule has 0 saturated carbocycles. The van der Waals surface area contributed by atoms with Gasteiger partial charge in [0.25, 0.3) is 0 Å². The number of aliphatic imine (C=N–C) groups is 1. The summed E-state index contributed by atoms with van der Waals surface area (Å²) in [7, 11) is 0. The molecule has 1 fully saturated rings. The first kappa shape index (κ1) is 25.0. The first-order chi connectivity index (χ1) is 13.2. The third-order valence-electron chi connectivity index (χ3n) is 4.67. The third kappa shape index (κ3) is 8.96. The molecule has 160 valence electrons. The van der Waals surface area contributed by atoms with Gasteiger partial charge in [-0.2, -0.15) is 0 Å². The van der Waals surface area contributed by atoms with E-state index in [2.05, 4.69) is 65.6 Å². The highest BCUT2D eigenvalue weighted by atomic mass is 127. The molecule has 1 aromatic carbocycles. The quantitative estimate of drug-likeness (QED) is 0.210. The Hall–Kier alpha value is -1.06. The number of nitrogens with zero attached hydrogens (tertiary/aromatic N) is 2. The Morgan fingerprint density at radius 3 is 2.79 bits per heavy atom. The number of halogens is 1. The van der Waals surface area contributed by atoms with Crippen molar-refractivity contribution < 1.29 is 9.47 Å². The van der Waals surface area contributed by atoms with Crippen LogP contribution in [-0.4, -0.2) is 64.6 Å². The molecule has 0 spiro atoms. The van der Waals surface area contributed by atoms with Gasteiger partial charge in [0.15, 0.2) is 5.96 Å². The van der Waals surface area contributed by atoms with Gasteiger partial charge in [-0.25, -0.2) is 0 Å². The summed E-state index contributed by atoms with van der Waals surface area (Å²) in [5.41, 5.74) is 2.62. The smallest absolute Gasteiger partial charge is 0.191 e. The zero-order valence-electron chi connectivity index (χ0n) is 17.6. The summed E-state index contributed by atoms with van der Waals surface area (Å²) in [5, 5.41) is 6.76. The lowest BCUT2D eigenvalue weighted by molar-refractivity contribution is 0.0424. The maximum absolute atomic E-state index is 5.79. The topological polar surface area (TPSA) is 58.1 Å². The summed E-state index contributed by atoms with van der Waals surface area (Å²) in [4.78, 5) is 7.05. The third-order valence-corrected chi connectivity index (χ3v) is 4.67. The highest BCUT2D eigenvalue weighted by Crippen LogP contribution is 2.18. The van der Waals surface area contributed by atoms with Crippen molar-refractivity contribution in [1.82, 2.24) is 10.6 Å². The number of anilines is 1. The SMILES string of the molecule is CCNC(=NCCCOC1CCOC1)NCCN(CC)c1ccccc1C.I. The van der Waals surface area contributed by atoms with Crippen LogP contribution in [0.25, 0.3) is 0 Å². The van der Waals surface area contributed by atoms with Crippen LogP contribution in [0.3, 0.4) is 0 Å². The molecule has 0 bridgehead atoms. The van der Waals surface area contributed by atoms with Gasteiger partial charge in [0.1, 0.15) is 0 Å². The average Bonchev–Trinajstić information content (AvgIpc) is 3.19. The number of rotatable bonds is 11. The van der Waals surface area contributed by atoms with Gasteiger partial charge >= 0.3 is 0 Å². The monoisotopic (exact) mass is 504 g/mol. The number of likely N-dealkylation sites (N-methyl/N-ethyl adjacent to an activating group) is 1. The van der Waals surface area contributed by atoms with Crippen LogP contribution in [0.15, 0.2) is 29.3 Å². The molecule has 0 radical (unpaired) electrons. The molecule has 2 rings (SSSR count). The van der Waals surface area contributed by atoms with Crippen LogP contribution >= 0.6 is 24.0 Å². The number of guanidine groups is 1. The maximum Gasteiger partial charge on any atom is 0.191 e. The van der Waals surface area contributed by atoms with E-state index in [1.807, 2.05) is 0 Å². The van der Waals surface area contributed by atoms with E-state index in [0.29, 0.717) is 0 Å². The Morgan fingerprint density at radius 1 is 1.29 bits per heavy atom. The molecule has 1 aromatic rings. The van der Waals surface area contributed by atoms with Crippen LogP contribution < -0.4 is 15.5 Å². The summed E-state index contributed by atoms with van der Waals surface area (Å²) >= 11 is 0. The summed E-state index contributed by atoms with van der Waals surface area (Å²) in [6.45, 7) is 13.2. The normalized spacial score (nSPS) is 16.5. The molecule has 7 heteroatoms. The Kier molecular flexibility index (Phi) is 13.3. The van der Waals surface area contributed by atoms with Gasteiger partial charge in [0, 0.05) is 51.6 Å². The maximum atomic E-state index is 5.79. The van der Waals surface area contributed by atoms with E-state index in [0.717, 1.165) is 71.3 Å². The molecule has 1 atom stereocenters. The standard InChI is InChI=1S/C21H36N4O2.HI/c1-4-22-21(23-12-8-15-27-19-11-16-26-17-19)24-13-14-25(5-2)20-10-7-6-9-18(20)3;/h6-7,9-10,19H,4-5,8,11-17H2,1-3H3,(H2,22,23,24);1H. The van der Waals surface area contributed by atoms with E-state index < -0.39 is 0 Å². The lowest BCUT2D eigenvalue weighted by Gasteiger charge is -2.25. The van der Waals surface area contributed by atoms with Crippen LogP contribution in [0.4, 0.5) is 5.69 Å².